The third kappa shape index (κ3) is 4.98. The fourth-order valence-electron chi connectivity index (χ4n) is 6.16. The van der Waals surface area contributed by atoms with Gasteiger partial charge in [-0.1, -0.05) is 44.2 Å². The molecule has 3 aliphatic rings. The maximum atomic E-state index is 7.04. The quantitative estimate of drug-likeness (QED) is 0.461. The Morgan fingerprint density at radius 3 is 2.33 bits per heavy atom. The van der Waals surface area contributed by atoms with Crippen molar-refractivity contribution in [2.75, 3.05) is 18.6 Å². The van der Waals surface area contributed by atoms with Crippen molar-refractivity contribution in [3.8, 4) is 5.75 Å². The second-order valence-corrected chi connectivity index (χ2v) is 10.1. The Labute approximate surface area is 203 Å². The first-order valence-electron chi connectivity index (χ1n) is 12.6. The lowest BCUT2D eigenvalue weighted by Crippen LogP contribution is -2.81. The Kier molecular flexibility index (Phi) is 8.38. The molecule has 4 rings (SSSR count). The van der Waals surface area contributed by atoms with Crippen LogP contribution in [0.5, 0.6) is 5.75 Å². The highest BCUT2D eigenvalue weighted by molar-refractivity contribution is 6.32. The summed E-state index contributed by atoms with van der Waals surface area (Å²) in [5.74, 6) is 0.635. The first-order chi connectivity index (χ1) is 16.0. The second kappa shape index (κ2) is 11.1. The van der Waals surface area contributed by atoms with Gasteiger partial charge in [0.25, 0.3) is 0 Å². The zero-order valence-corrected chi connectivity index (χ0v) is 20.9. The van der Waals surface area contributed by atoms with E-state index in [9.17, 15) is 0 Å². The van der Waals surface area contributed by atoms with Gasteiger partial charge in [-0.25, -0.2) is 9.80 Å². The molecule has 8 nitrogen and oxygen atoms in total. The largest absolute Gasteiger partial charge is 0.495 e. The number of nitrogens with two attached hydrogens (primary N) is 3. The number of nitrogens with one attached hydrogen (secondary N) is 1. The van der Waals surface area contributed by atoms with Crippen LogP contribution in [0.4, 0.5) is 5.69 Å². The summed E-state index contributed by atoms with van der Waals surface area (Å²) < 4.78 is 5.37. The van der Waals surface area contributed by atoms with Crippen LogP contribution in [-0.2, 0) is 0 Å². The van der Waals surface area contributed by atoms with Crippen molar-refractivity contribution in [2.45, 2.75) is 102 Å². The smallest absolute Gasteiger partial charge is 0.139 e. The fraction of sp³-hybridized carbons (Fsp3) is 0.750. The summed E-state index contributed by atoms with van der Waals surface area (Å²) >= 11 is 6.51. The van der Waals surface area contributed by atoms with E-state index in [1.54, 1.807) is 7.11 Å². The van der Waals surface area contributed by atoms with E-state index in [4.69, 9.17) is 33.5 Å². The van der Waals surface area contributed by atoms with Crippen LogP contribution in [0.2, 0.25) is 5.02 Å². The van der Waals surface area contributed by atoms with Crippen molar-refractivity contribution in [1.29, 1.82) is 0 Å². The molecule has 0 radical (unpaired) electrons. The average molecular weight is 480 g/mol. The number of hydrogen-bond donors (Lipinski definition) is 4. The number of halogens is 1. The first-order valence-corrected chi connectivity index (χ1v) is 13.0. The van der Waals surface area contributed by atoms with E-state index >= 15 is 0 Å². The molecule has 5 unspecified atom stereocenters. The van der Waals surface area contributed by atoms with E-state index in [-0.39, 0.29) is 12.3 Å². The molecule has 0 bridgehead atoms. The monoisotopic (exact) mass is 479 g/mol. The molecule has 1 aromatic rings. The molecule has 2 heterocycles. The van der Waals surface area contributed by atoms with Crippen LogP contribution in [0.15, 0.2) is 18.2 Å². The highest BCUT2D eigenvalue weighted by atomic mass is 35.5. The molecule has 7 N–H and O–H groups in total. The van der Waals surface area contributed by atoms with E-state index in [1.165, 1.54) is 32.1 Å². The normalized spacial score (nSPS) is 31.5. The molecule has 33 heavy (non-hydrogen) atoms. The summed E-state index contributed by atoms with van der Waals surface area (Å²) in [6, 6.07) is 6.68. The molecular formula is C24H42ClN7O. The van der Waals surface area contributed by atoms with Crippen molar-refractivity contribution in [3.05, 3.63) is 23.2 Å². The number of rotatable bonds is 6. The van der Waals surface area contributed by atoms with Crippen LogP contribution in [0, 0.1) is 0 Å². The molecular weight excluding hydrogens is 438 g/mol. The van der Waals surface area contributed by atoms with Gasteiger partial charge in [-0.15, -0.1) is 0 Å². The van der Waals surface area contributed by atoms with E-state index in [0.29, 0.717) is 22.9 Å². The molecule has 2 aliphatic heterocycles. The number of methoxy groups -OCH3 is 1. The minimum atomic E-state index is -0.464. The van der Waals surface area contributed by atoms with E-state index in [1.807, 2.05) is 18.2 Å². The summed E-state index contributed by atoms with van der Waals surface area (Å²) in [4.78, 5) is 6.68. The van der Waals surface area contributed by atoms with Crippen LogP contribution in [0.3, 0.4) is 0 Å². The first kappa shape index (κ1) is 25.0. The van der Waals surface area contributed by atoms with Gasteiger partial charge in [0.2, 0.25) is 0 Å². The number of ether oxygens (including phenoxy) is 1. The van der Waals surface area contributed by atoms with E-state index in [2.05, 4.69) is 26.9 Å². The molecule has 9 heteroatoms. The highest BCUT2D eigenvalue weighted by Crippen LogP contribution is 2.37. The zero-order chi connectivity index (χ0) is 23.5. The second-order valence-electron chi connectivity index (χ2n) is 9.69. The Morgan fingerprint density at radius 1 is 1.03 bits per heavy atom. The number of anilines is 1. The maximum Gasteiger partial charge on any atom is 0.139 e. The Balaban J connectivity index is 1.73. The van der Waals surface area contributed by atoms with Crippen molar-refractivity contribution in [1.82, 2.24) is 15.1 Å². The third-order valence-corrected chi connectivity index (χ3v) is 8.13. The molecule has 1 aliphatic carbocycles. The SMILES string of the molecule is CCC(C1CCCN1)N1C(N)N(c2ccc(OC)c(Cl)c2)C(N)N(C2CCCCCC2)C1N. The summed E-state index contributed by atoms with van der Waals surface area (Å²) in [5.41, 5.74) is 21.9. The van der Waals surface area contributed by atoms with Crippen LogP contribution in [0.25, 0.3) is 0 Å². The summed E-state index contributed by atoms with van der Waals surface area (Å²) in [5, 5.41) is 4.22. The predicted molar refractivity (Wildman–Crippen MR) is 135 cm³/mol. The zero-order valence-electron chi connectivity index (χ0n) is 20.1. The number of hydrogen-bond acceptors (Lipinski definition) is 8. The van der Waals surface area contributed by atoms with Gasteiger partial charge >= 0.3 is 0 Å². The lowest BCUT2D eigenvalue weighted by molar-refractivity contribution is -0.110. The van der Waals surface area contributed by atoms with Crippen molar-refractivity contribution >= 4 is 17.3 Å². The standard InChI is InChI=1S/C24H42ClN7O/c1-3-20(19-11-8-14-29-19)32-23(27)30(16-9-6-4-5-7-10-16)22(26)31(24(32)28)17-12-13-21(33-2)18(25)15-17/h12-13,15-16,19-20,22-24,29H,3-11,14,26-28H2,1-2H3. The molecule has 0 amide bonds. The van der Waals surface area contributed by atoms with Gasteiger partial charge in [0.15, 0.2) is 0 Å². The Morgan fingerprint density at radius 2 is 1.76 bits per heavy atom. The van der Waals surface area contributed by atoms with Gasteiger partial charge in [0, 0.05) is 23.8 Å². The molecule has 0 aromatic heterocycles. The minimum Gasteiger partial charge on any atom is -0.495 e. The van der Waals surface area contributed by atoms with Gasteiger partial charge in [0.1, 0.15) is 24.6 Å². The molecule has 0 spiro atoms. The molecule has 2 saturated heterocycles. The Bertz CT molecular complexity index is 769. The van der Waals surface area contributed by atoms with E-state index in [0.717, 1.165) is 37.9 Å². The van der Waals surface area contributed by atoms with Crippen molar-refractivity contribution < 1.29 is 4.74 Å². The topological polar surface area (TPSA) is 109 Å². The van der Waals surface area contributed by atoms with Gasteiger partial charge in [0.05, 0.1) is 12.1 Å². The van der Waals surface area contributed by atoms with E-state index < -0.39 is 12.6 Å². The van der Waals surface area contributed by atoms with Gasteiger partial charge in [-0.05, 0) is 56.8 Å². The fourth-order valence-corrected chi connectivity index (χ4v) is 6.41. The van der Waals surface area contributed by atoms with Gasteiger partial charge < -0.3 is 20.7 Å². The van der Waals surface area contributed by atoms with Gasteiger partial charge in [-0.2, -0.15) is 0 Å². The maximum absolute atomic E-state index is 7.04. The van der Waals surface area contributed by atoms with Crippen LogP contribution < -0.4 is 32.2 Å². The Hall–Kier alpha value is -1.13. The molecule has 3 fully saturated rings. The van der Waals surface area contributed by atoms with Crippen molar-refractivity contribution in [3.63, 3.8) is 0 Å². The summed E-state index contributed by atoms with van der Waals surface area (Å²) in [6.45, 7) is 3.27. The lowest BCUT2D eigenvalue weighted by atomic mass is 10.00. The molecule has 186 valence electrons. The highest BCUT2D eigenvalue weighted by Gasteiger charge is 2.48. The molecule has 1 saturated carbocycles. The molecule has 1 aromatic carbocycles. The minimum absolute atomic E-state index is 0.217. The van der Waals surface area contributed by atoms with Crippen LogP contribution >= 0.6 is 11.6 Å². The van der Waals surface area contributed by atoms with Crippen molar-refractivity contribution in [2.24, 2.45) is 17.2 Å². The predicted octanol–water partition coefficient (Wildman–Crippen LogP) is 2.75. The molecule has 5 atom stereocenters. The third-order valence-electron chi connectivity index (χ3n) is 7.84. The van der Waals surface area contributed by atoms with Crippen LogP contribution in [0.1, 0.15) is 64.7 Å². The average Bonchev–Trinajstić information content (AvgIpc) is 3.20. The number of benzene rings is 1. The van der Waals surface area contributed by atoms with Crippen LogP contribution in [-0.4, -0.2) is 60.4 Å². The number of nitrogens with zero attached hydrogens (tertiary/aromatic N) is 3. The van der Waals surface area contributed by atoms with Gasteiger partial charge in [-0.3, -0.25) is 11.5 Å². The summed E-state index contributed by atoms with van der Waals surface area (Å²) in [6.07, 6.45) is 9.24. The lowest BCUT2D eigenvalue weighted by Gasteiger charge is -2.59. The summed E-state index contributed by atoms with van der Waals surface area (Å²) in [7, 11) is 1.62.